The third-order valence-corrected chi connectivity index (χ3v) is 5.97. The smallest absolute Gasteiger partial charge is 0.240 e. The first-order chi connectivity index (χ1) is 11.1. The summed E-state index contributed by atoms with van der Waals surface area (Å²) in [5.41, 5.74) is 0.791. The van der Waals surface area contributed by atoms with Gasteiger partial charge in [-0.3, -0.25) is 4.79 Å². The van der Waals surface area contributed by atoms with Crippen molar-refractivity contribution >= 4 is 35.0 Å². The van der Waals surface area contributed by atoms with Crippen LogP contribution in [0, 0.1) is 0 Å². The highest BCUT2D eigenvalue weighted by molar-refractivity contribution is 8.00. The standard InChI is InChI=1S/C16H17ClN4OS/c1-20-14(10-6-7-10)18-19-16(20)23-13-8-9-21(15(13)22)12-5-3-2-4-11(12)17/h2-5,10,13H,6-9H2,1H3/t13-/m0/s1. The highest BCUT2D eigenvalue weighted by Crippen LogP contribution is 2.41. The normalized spacial score (nSPS) is 21.2. The van der Waals surface area contributed by atoms with E-state index in [0.29, 0.717) is 17.5 Å². The van der Waals surface area contributed by atoms with Crippen molar-refractivity contribution in [2.45, 2.75) is 35.6 Å². The van der Waals surface area contributed by atoms with Crippen molar-refractivity contribution in [1.29, 1.82) is 0 Å². The molecule has 0 radical (unpaired) electrons. The summed E-state index contributed by atoms with van der Waals surface area (Å²) in [5.74, 6) is 1.70. The summed E-state index contributed by atoms with van der Waals surface area (Å²) in [5, 5.41) is 9.87. The van der Waals surface area contributed by atoms with Crippen LogP contribution in [0.4, 0.5) is 5.69 Å². The number of benzene rings is 1. The van der Waals surface area contributed by atoms with Crippen molar-refractivity contribution in [1.82, 2.24) is 14.8 Å². The SMILES string of the molecule is Cn1c(S[C@H]2CCN(c3ccccc3Cl)C2=O)nnc1C1CC1. The minimum atomic E-state index is -0.124. The van der Waals surface area contributed by atoms with Crippen LogP contribution in [0.3, 0.4) is 0 Å². The monoisotopic (exact) mass is 348 g/mol. The van der Waals surface area contributed by atoms with Gasteiger partial charge in [-0.05, 0) is 31.4 Å². The quantitative estimate of drug-likeness (QED) is 0.851. The van der Waals surface area contributed by atoms with Gasteiger partial charge in [0.15, 0.2) is 5.16 Å². The molecule has 1 atom stereocenters. The molecule has 2 aliphatic rings. The van der Waals surface area contributed by atoms with Gasteiger partial charge in [-0.1, -0.05) is 35.5 Å². The fraction of sp³-hybridized carbons (Fsp3) is 0.438. The first-order valence-electron chi connectivity index (χ1n) is 7.77. The lowest BCUT2D eigenvalue weighted by atomic mass is 10.3. The van der Waals surface area contributed by atoms with Crippen LogP contribution in [0.5, 0.6) is 0 Å². The van der Waals surface area contributed by atoms with E-state index in [4.69, 9.17) is 11.6 Å². The molecule has 5 nitrogen and oxygen atoms in total. The minimum Gasteiger partial charge on any atom is -0.310 e. The lowest BCUT2D eigenvalue weighted by molar-refractivity contribution is -0.116. The number of hydrogen-bond acceptors (Lipinski definition) is 4. The summed E-state index contributed by atoms with van der Waals surface area (Å²) in [6, 6.07) is 7.48. The van der Waals surface area contributed by atoms with Gasteiger partial charge in [0.05, 0.1) is 16.0 Å². The zero-order chi connectivity index (χ0) is 16.0. The minimum absolute atomic E-state index is 0.0964. The second-order valence-electron chi connectivity index (χ2n) is 6.01. The molecule has 1 saturated heterocycles. The third kappa shape index (κ3) is 2.74. The Morgan fingerprint density at radius 3 is 2.74 bits per heavy atom. The number of carbonyl (C=O) groups is 1. The molecule has 0 unspecified atom stereocenters. The summed E-state index contributed by atoms with van der Waals surface area (Å²) in [7, 11) is 1.99. The van der Waals surface area contributed by atoms with E-state index in [-0.39, 0.29) is 11.2 Å². The van der Waals surface area contributed by atoms with Gasteiger partial charge in [0.1, 0.15) is 5.82 Å². The van der Waals surface area contributed by atoms with Crippen molar-refractivity contribution in [2.24, 2.45) is 7.05 Å². The van der Waals surface area contributed by atoms with Crippen LogP contribution in [0.2, 0.25) is 5.02 Å². The van der Waals surface area contributed by atoms with Gasteiger partial charge in [-0.25, -0.2) is 0 Å². The summed E-state index contributed by atoms with van der Waals surface area (Å²) in [6.07, 6.45) is 3.18. The average Bonchev–Trinajstić information content (AvgIpc) is 3.24. The number of anilines is 1. The molecule has 1 saturated carbocycles. The van der Waals surface area contributed by atoms with Gasteiger partial charge in [-0.15, -0.1) is 10.2 Å². The van der Waals surface area contributed by atoms with Crippen LogP contribution in [-0.4, -0.2) is 32.5 Å². The maximum absolute atomic E-state index is 12.7. The van der Waals surface area contributed by atoms with Crippen molar-refractivity contribution in [3.63, 3.8) is 0 Å². The van der Waals surface area contributed by atoms with Crippen molar-refractivity contribution in [3.8, 4) is 0 Å². The molecular weight excluding hydrogens is 332 g/mol. The van der Waals surface area contributed by atoms with Crippen LogP contribution in [-0.2, 0) is 11.8 Å². The number of halogens is 1. The van der Waals surface area contributed by atoms with Gasteiger partial charge < -0.3 is 9.47 Å². The Kier molecular flexibility index (Phi) is 3.81. The highest BCUT2D eigenvalue weighted by atomic mass is 35.5. The predicted octanol–water partition coefficient (Wildman–Crippen LogP) is 3.24. The Hall–Kier alpha value is -1.53. The van der Waals surface area contributed by atoms with E-state index in [0.717, 1.165) is 23.1 Å². The Morgan fingerprint density at radius 1 is 1.22 bits per heavy atom. The van der Waals surface area contributed by atoms with Crippen LogP contribution in [0.1, 0.15) is 31.0 Å². The fourth-order valence-electron chi connectivity index (χ4n) is 2.93. The molecule has 0 bridgehead atoms. The number of para-hydroxylation sites is 1. The number of thioether (sulfide) groups is 1. The zero-order valence-corrected chi connectivity index (χ0v) is 14.3. The second-order valence-corrected chi connectivity index (χ2v) is 7.59. The first kappa shape index (κ1) is 15.0. The van der Waals surface area contributed by atoms with E-state index < -0.39 is 0 Å². The molecular formula is C16H17ClN4OS. The molecule has 2 fully saturated rings. The number of hydrogen-bond donors (Lipinski definition) is 0. The molecule has 2 heterocycles. The molecule has 2 aromatic rings. The number of rotatable bonds is 4. The summed E-state index contributed by atoms with van der Waals surface area (Å²) in [4.78, 5) is 14.5. The van der Waals surface area contributed by atoms with E-state index in [1.54, 1.807) is 4.90 Å². The molecule has 0 spiro atoms. The molecule has 120 valence electrons. The fourth-order valence-corrected chi connectivity index (χ4v) is 4.21. The molecule has 1 amide bonds. The number of carbonyl (C=O) groups excluding carboxylic acids is 1. The van der Waals surface area contributed by atoms with E-state index >= 15 is 0 Å². The van der Waals surface area contributed by atoms with E-state index in [9.17, 15) is 4.79 Å². The lowest BCUT2D eigenvalue weighted by Gasteiger charge is -2.17. The van der Waals surface area contributed by atoms with Crippen LogP contribution < -0.4 is 4.90 Å². The Morgan fingerprint density at radius 2 is 2.00 bits per heavy atom. The van der Waals surface area contributed by atoms with Gasteiger partial charge in [0.2, 0.25) is 5.91 Å². The Balaban J connectivity index is 1.51. The molecule has 1 aromatic carbocycles. The van der Waals surface area contributed by atoms with Gasteiger partial charge in [0.25, 0.3) is 0 Å². The Bertz CT molecular complexity index is 758. The second kappa shape index (κ2) is 5.83. The summed E-state index contributed by atoms with van der Waals surface area (Å²) in [6.45, 7) is 0.688. The van der Waals surface area contributed by atoms with E-state index in [1.807, 2.05) is 35.9 Å². The van der Waals surface area contributed by atoms with Gasteiger partial charge >= 0.3 is 0 Å². The molecule has 0 N–H and O–H groups in total. The van der Waals surface area contributed by atoms with E-state index in [1.165, 1.54) is 24.6 Å². The van der Waals surface area contributed by atoms with Crippen LogP contribution in [0.15, 0.2) is 29.4 Å². The molecule has 1 aliphatic heterocycles. The largest absolute Gasteiger partial charge is 0.310 e. The van der Waals surface area contributed by atoms with Crippen LogP contribution >= 0.6 is 23.4 Å². The van der Waals surface area contributed by atoms with Gasteiger partial charge in [0, 0.05) is 19.5 Å². The Labute approximate surface area is 144 Å². The topological polar surface area (TPSA) is 51.0 Å². The predicted molar refractivity (Wildman–Crippen MR) is 91.0 cm³/mol. The van der Waals surface area contributed by atoms with Crippen molar-refractivity contribution < 1.29 is 4.79 Å². The molecule has 7 heteroatoms. The number of aromatic nitrogens is 3. The summed E-state index contributed by atoms with van der Waals surface area (Å²) >= 11 is 7.73. The average molecular weight is 349 g/mol. The molecule has 4 rings (SSSR count). The lowest BCUT2D eigenvalue weighted by Crippen LogP contribution is -2.28. The summed E-state index contributed by atoms with van der Waals surface area (Å²) < 4.78 is 2.04. The zero-order valence-electron chi connectivity index (χ0n) is 12.8. The van der Waals surface area contributed by atoms with Crippen LogP contribution in [0.25, 0.3) is 0 Å². The third-order valence-electron chi connectivity index (χ3n) is 4.36. The van der Waals surface area contributed by atoms with Crippen molar-refractivity contribution in [2.75, 3.05) is 11.4 Å². The van der Waals surface area contributed by atoms with Gasteiger partial charge in [-0.2, -0.15) is 0 Å². The highest BCUT2D eigenvalue weighted by Gasteiger charge is 2.36. The molecule has 1 aliphatic carbocycles. The maximum Gasteiger partial charge on any atom is 0.240 e. The first-order valence-corrected chi connectivity index (χ1v) is 9.03. The van der Waals surface area contributed by atoms with E-state index in [2.05, 4.69) is 10.2 Å². The maximum atomic E-state index is 12.7. The number of amides is 1. The van der Waals surface area contributed by atoms with Crippen molar-refractivity contribution in [3.05, 3.63) is 35.1 Å². The molecule has 23 heavy (non-hydrogen) atoms. The number of nitrogens with zero attached hydrogens (tertiary/aromatic N) is 4. The molecule has 1 aromatic heterocycles.